The van der Waals surface area contributed by atoms with E-state index < -0.39 is 6.10 Å². The van der Waals surface area contributed by atoms with Crippen molar-refractivity contribution in [2.24, 2.45) is 0 Å². The predicted octanol–water partition coefficient (Wildman–Crippen LogP) is 2.99. The van der Waals surface area contributed by atoms with Crippen LogP contribution in [-0.4, -0.2) is 10.1 Å². The first kappa shape index (κ1) is 9.83. The van der Waals surface area contributed by atoms with Crippen molar-refractivity contribution in [1.29, 1.82) is 0 Å². The SMILES string of the molecule is O[C@H](c1ccsc1)c1cccc(Br)n1. The van der Waals surface area contributed by atoms with Crippen molar-refractivity contribution in [1.82, 2.24) is 4.98 Å². The maximum atomic E-state index is 9.93. The van der Waals surface area contributed by atoms with Crippen LogP contribution in [0, 0.1) is 0 Å². The van der Waals surface area contributed by atoms with Gasteiger partial charge in [-0.2, -0.15) is 11.3 Å². The van der Waals surface area contributed by atoms with Crippen molar-refractivity contribution in [2.75, 3.05) is 0 Å². The molecule has 2 aromatic rings. The van der Waals surface area contributed by atoms with Crippen molar-refractivity contribution in [2.45, 2.75) is 6.10 Å². The van der Waals surface area contributed by atoms with Gasteiger partial charge in [-0.15, -0.1) is 0 Å². The summed E-state index contributed by atoms with van der Waals surface area (Å²) < 4.78 is 0.740. The highest BCUT2D eigenvalue weighted by atomic mass is 79.9. The third kappa shape index (κ3) is 2.03. The Labute approximate surface area is 94.4 Å². The van der Waals surface area contributed by atoms with Gasteiger partial charge in [-0.05, 0) is 50.5 Å². The molecular formula is C10H8BrNOS. The first-order chi connectivity index (χ1) is 6.77. The molecular weight excluding hydrogens is 262 g/mol. The minimum Gasteiger partial charge on any atom is -0.382 e. The number of aliphatic hydroxyl groups is 1. The molecule has 2 rings (SSSR count). The Hall–Kier alpha value is -0.710. The highest BCUT2D eigenvalue weighted by molar-refractivity contribution is 9.10. The number of aromatic nitrogens is 1. The Morgan fingerprint density at radius 1 is 1.36 bits per heavy atom. The lowest BCUT2D eigenvalue weighted by molar-refractivity contribution is 0.215. The van der Waals surface area contributed by atoms with Gasteiger partial charge in [0, 0.05) is 0 Å². The predicted molar refractivity (Wildman–Crippen MR) is 60.3 cm³/mol. The molecule has 0 unspecified atom stereocenters. The van der Waals surface area contributed by atoms with E-state index in [0.717, 1.165) is 10.2 Å². The van der Waals surface area contributed by atoms with E-state index in [9.17, 15) is 5.11 Å². The molecule has 2 heterocycles. The van der Waals surface area contributed by atoms with Gasteiger partial charge in [-0.1, -0.05) is 6.07 Å². The van der Waals surface area contributed by atoms with E-state index in [-0.39, 0.29) is 0 Å². The van der Waals surface area contributed by atoms with Crippen LogP contribution in [0.5, 0.6) is 0 Å². The Kier molecular flexibility index (Phi) is 2.96. The highest BCUT2D eigenvalue weighted by Gasteiger charge is 2.11. The molecule has 2 nitrogen and oxygen atoms in total. The van der Waals surface area contributed by atoms with Crippen molar-refractivity contribution >= 4 is 27.3 Å². The summed E-state index contributed by atoms with van der Waals surface area (Å²) in [6.07, 6.45) is -0.626. The fourth-order valence-electron chi connectivity index (χ4n) is 1.18. The molecule has 0 aromatic carbocycles. The second-order valence-electron chi connectivity index (χ2n) is 2.84. The third-order valence-corrected chi connectivity index (χ3v) is 3.02. The molecule has 0 aliphatic heterocycles. The molecule has 1 atom stereocenters. The number of thiophene rings is 1. The fourth-order valence-corrected chi connectivity index (χ4v) is 2.21. The average molecular weight is 270 g/mol. The zero-order chi connectivity index (χ0) is 9.97. The van der Waals surface area contributed by atoms with Crippen LogP contribution in [0.15, 0.2) is 39.6 Å². The van der Waals surface area contributed by atoms with E-state index in [1.54, 1.807) is 11.3 Å². The van der Waals surface area contributed by atoms with E-state index in [1.165, 1.54) is 0 Å². The second-order valence-corrected chi connectivity index (χ2v) is 4.44. The molecule has 0 fully saturated rings. The molecule has 0 aliphatic carbocycles. The van der Waals surface area contributed by atoms with Gasteiger partial charge < -0.3 is 5.11 Å². The van der Waals surface area contributed by atoms with Gasteiger partial charge >= 0.3 is 0 Å². The molecule has 4 heteroatoms. The average Bonchev–Trinajstić information content (AvgIpc) is 2.69. The van der Waals surface area contributed by atoms with E-state index >= 15 is 0 Å². The summed E-state index contributed by atoms with van der Waals surface area (Å²) in [6, 6.07) is 7.41. The quantitative estimate of drug-likeness (QED) is 0.851. The molecule has 0 bridgehead atoms. The summed E-state index contributed by atoms with van der Waals surface area (Å²) in [6.45, 7) is 0. The van der Waals surface area contributed by atoms with Crippen LogP contribution in [0.25, 0.3) is 0 Å². The van der Waals surface area contributed by atoms with Crippen LogP contribution in [0.3, 0.4) is 0 Å². The molecule has 72 valence electrons. The van der Waals surface area contributed by atoms with Gasteiger partial charge in [0.1, 0.15) is 10.7 Å². The van der Waals surface area contributed by atoms with Crippen LogP contribution < -0.4 is 0 Å². The standard InChI is InChI=1S/C10H8BrNOS/c11-9-3-1-2-8(12-9)10(13)7-4-5-14-6-7/h1-6,10,13H/t10-/m1/s1. The normalized spacial score (nSPS) is 12.7. The van der Waals surface area contributed by atoms with E-state index in [4.69, 9.17) is 0 Å². The topological polar surface area (TPSA) is 33.1 Å². The summed E-state index contributed by atoms with van der Waals surface area (Å²) in [7, 11) is 0. The minimum absolute atomic E-state index is 0.626. The largest absolute Gasteiger partial charge is 0.382 e. The maximum Gasteiger partial charge on any atom is 0.122 e. The van der Waals surface area contributed by atoms with E-state index in [2.05, 4.69) is 20.9 Å². The number of hydrogen-bond donors (Lipinski definition) is 1. The molecule has 0 saturated heterocycles. The summed E-state index contributed by atoms with van der Waals surface area (Å²) in [5.41, 5.74) is 1.55. The summed E-state index contributed by atoms with van der Waals surface area (Å²) >= 11 is 4.84. The number of rotatable bonds is 2. The van der Waals surface area contributed by atoms with Gasteiger partial charge in [0.05, 0.1) is 5.69 Å². The minimum atomic E-state index is -0.626. The fraction of sp³-hybridized carbons (Fsp3) is 0.100. The monoisotopic (exact) mass is 269 g/mol. The van der Waals surface area contributed by atoms with Gasteiger partial charge in [0.25, 0.3) is 0 Å². The van der Waals surface area contributed by atoms with Gasteiger partial charge in [-0.3, -0.25) is 0 Å². The molecule has 0 spiro atoms. The summed E-state index contributed by atoms with van der Waals surface area (Å²) in [5, 5.41) is 13.8. The zero-order valence-electron chi connectivity index (χ0n) is 7.22. The number of hydrogen-bond acceptors (Lipinski definition) is 3. The molecule has 0 amide bonds. The van der Waals surface area contributed by atoms with Gasteiger partial charge in [0.15, 0.2) is 0 Å². The van der Waals surface area contributed by atoms with Crippen LogP contribution in [0.2, 0.25) is 0 Å². The molecule has 1 N–H and O–H groups in total. The Bertz CT molecular complexity index is 416. The van der Waals surface area contributed by atoms with Crippen molar-refractivity contribution < 1.29 is 5.11 Å². The van der Waals surface area contributed by atoms with Crippen LogP contribution in [-0.2, 0) is 0 Å². The number of nitrogens with zero attached hydrogens (tertiary/aromatic N) is 1. The number of pyridine rings is 1. The van der Waals surface area contributed by atoms with E-state index in [1.807, 2.05) is 35.0 Å². The van der Waals surface area contributed by atoms with Gasteiger partial charge in [0.2, 0.25) is 0 Å². The summed E-state index contributed by atoms with van der Waals surface area (Å²) in [5.74, 6) is 0. The first-order valence-electron chi connectivity index (χ1n) is 4.10. The smallest absolute Gasteiger partial charge is 0.122 e. The second kappa shape index (κ2) is 4.21. The van der Waals surface area contributed by atoms with Crippen molar-refractivity contribution in [3.05, 3.63) is 50.9 Å². The third-order valence-electron chi connectivity index (χ3n) is 1.88. The highest BCUT2D eigenvalue weighted by Crippen LogP contribution is 2.23. The maximum absolute atomic E-state index is 9.93. The van der Waals surface area contributed by atoms with Crippen LogP contribution in [0.1, 0.15) is 17.4 Å². The number of halogens is 1. The lowest BCUT2D eigenvalue weighted by Gasteiger charge is -2.07. The lowest BCUT2D eigenvalue weighted by Crippen LogP contribution is -2.00. The van der Waals surface area contributed by atoms with E-state index in [0.29, 0.717) is 5.69 Å². The molecule has 14 heavy (non-hydrogen) atoms. The molecule has 0 saturated carbocycles. The van der Waals surface area contributed by atoms with Crippen LogP contribution >= 0.6 is 27.3 Å². The molecule has 0 aliphatic rings. The summed E-state index contributed by atoms with van der Waals surface area (Å²) in [4.78, 5) is 4.20. The molecule has 0 radical (unpaired) electrons. The molecule has 2 aromatic heterocycles. The number of aliphatic hydroxyl groups excluding tert-OH is 1. The van der Waals surface area contributed by atoms with Crippen molar-refractivity contribution in [3.8, 4) is 0 Å². The van der Waals surface area contributed by atoms with Crippen molar-refractivity contribution in [3.63, 3.8) is 0 Å². The Morgan fingerprint density at radius 3 is 2.86 bits per heavy atom. The Morgan fingerprint density at radius 2 is 2.21 bits per heavy atom. The lowest BCUT2D eigenvalue weighted by atomic mass is 10.1. The first-order valence-corrected chi connectivity index (χ1v) is 5.83. The zero-order valence-corrected chi connectivity index (χ0v) is 9.62. The van der Waals surface area contributed by atoms with Gasteiger partial charge in [-0.25, -0.2) is 4.98 Å². The van der Waals surface area contributed by atoms with Crippen LogP contribution in [0.4, 0.5) is 0 Å². The Balaban J connectivity index is 2.32.